The number of nitrogens with one attached hydrogen (secondary N) is 1. The Morgan fingerprint density at radius 3 is 2.61 bits per heavy atom. The minimum Gasteiger partial charge on any atom is -0.480 e. The number of rotatable bonds is 7. The average molecular weight is 423 g/mol. The molecule has 2 aliphatic heterocycles. The van der Waals surface area contributed by atoms with Gasteiger partial charge < -0.3 is 15.7 Å². The molecule has 0 aromatic heterocycles. The van der Waals surface area contributed by atoms with Crippen molar-refractivity contribution in [3.8, 4) is 0 Å². The van der Waals surface area contributed by atoms with Crippen molar-refractivity contribution in [2.75, 3.05) is 19.6 Å². The summed E-state index contributed by atoms with van der Waals surface area (Å²) in [5.74, 6) is -0.705. The van der Waals surface area contributed by atoms with Crippen LogP contribution >= 0.6 is 0 Å². The van der Waals surface area contributed by atoms with E-state index in [0.29, 0.717) is 6.54 Å². The molecule has 164 valence electrons. The number of hydrogen-bond donors (Lipinski definition) is 3. The number of amides is 1. The molecule has 2 aromatic rings. The van der Waals surface area contributed by atoms with E-state index < -0.39 is 5.97 Å². The molecule has 7 heteroatoms. The van der Waals surface area contributed by atoms with Gasteiger partial charge >= 0.3 is 5.97 Å². The summed E-state index contributed by atoms with van der Waals surface area (Å²) in [6.45, 7) is 1.38. The second kappa shape index (κ2) is 9.06. The third kappa shape index (κ3) is 4.71. The number of aryl methyl sites for hydroxylation is 1. The van der Waals surface area contributed by atoms with Crippen LogP contribution in [0.2, 0.25) is 0 Å². The molecule has 4 rings (SSSR count). The van der Waals surface area contributed by atoms with Gasteiger partial charge in [0.1, 0.15) is 5.84 Å². The highest BCUT2D eigenvalue weighted by Gasteiger charge is 2.38. The van der Waals surface area contributed by atoms with Crippen LogP contribution in [-0.4, -0.2) is 64.3 Å². The Morgan fingerprint density at radius 2 is 1.84 bits per heavy atom. The number of nitrogens with zero attached hydrogens (tertiary/aromatic N) is 2. The zero-order chi connectivity index (χ0) is 22.0. The molecule has 0 unspecified atom stereocenters. The van der Waals surface area contributed by atoms with Crippen molar-refractivity contribution in [2.45, 2.75) is 50.6 Å². The molecular formula is C24H30N4O3. The molecule has 4 N–H and O–H groups in total. The van der Waals surface area contributed by atoms with Gasteiger partial charge in [-0.25, -0.2) is 0 Å². The van der Waals surface area contributed by atoms with Crippen LogP contribution in [-0.2, 0) is 16.0 Å². The van der Waals surface area contributed by atoms with Crippen molar-refractivity contribution < 1.29 is 14.7 Å². The van der Waals surface area contributed by atoms with Crippen molar-refractivity contribution in [1.82, 2.24) is 9.80 Å². The Kier molecular flexibility index (Phi) is 6.23. The third-order valence-corrected chi connectivity index (χ3v) is 6.63. The first-order valence-corrected chi connectivity index (χ1v) is 11.1. The number of carboxylic acids is 1. The van der Waals surface area contributed by atoms with Gasteiger partial charge in [0.2, 0.25) is 5.91 Å². The number of amidine groups is 1. The Morgan fingerprint density at radius 1 is 1.06 bits per heavy atom. The smallest absolute Gasteiger partial charge is 0.317 e. The molecule has 2 aromatic carbocycles. The van der Waals surface area contributed by atoms with Crippen LogP contribution in [0, 0.1) is 5.41 Å². The van der Waals surface area contributed by atoms with E-state index in [4.69, 9.17) is 16.2 Å². The van der Waals surface area contributed by atoms with Crippen molar-refractivity contribution in [2.24, 2.45) is 5.73 Å². The molecule has 0 saturated carbocycles. The van der Waals surface area contributed by atoms with Crippen molar-refractivity contribution >= 4 is 28.5 Å². The van der Waals surface area contributed by atoms with Gasteiger partial charge in [-0.2, -0.15) is 0 Å². The predicted molar refractivity (Wildman–Crippen MR) is 120 cm³/mol. The zero-order valence-electron chi connectivity index (χ0n) is 17.7. The Labute approximate surface area is 182 Å². The number of aliphatic carboxylic acids is 1. The number of likely N-dealkylation sites (tertiary alicyclic amines) is 2. The first-order chi connectivity index (χ1) is 14.9. The van der Waals surface area contributed by atoms with E-state index >= 15 is 0 Å². The van der Waals surface area contributed by atoms with E-state index in [1.807, 2.05) is 28.0 Å². The predicted octanol–water partition coefficient (Wildman–Crippen LogP) is 2.60. The second-order valence-corrected chi connectivity index (χ2v) is 8.70. The van der Waals surface area contributed by atoms with Crippen molar-refractivity contribution in [3.05, 3.63) is 47.5 Å². The van der Waals surface area contributed by atoms with Crippen molar-refractivity contribution in [1.29, 1.82) is 5.41 Å². The summed E-state index contributed by atoms with van der Waals surface area (Å²) in [5, 5.41) is 19.0. The fraction of sp³-hybridized carbons (Fsp3) is 0.458. The maximum Gasteiger partial charge on any atom is 0.317 e. The maximum atomic E-state index is 13.2. The number of carbonyl (C=O) groups is 2. The van der Waals surface area contributed by atoms with Crippen LogP contribution in [0.3, 0.4) is 0 Å². The van der Waals surface area contributed by atoms with Gasteiger partial charge in [0.05, 0.1) is 12.6 Å². The Hall–Kier alpha value is -2.93. The molecule has 7 nitrogen and oxygen atoms in total. The second-order valence-electron chi connectivity index (χ2n) is 8.70. The van der Waals surface area contributed by atoms with Gasteiger partial charge in [0.25, 0.3) is 0 Å². The van der Waals surface area contributed by atoms with Crippen molar-refractivity contribution in [3.63, 3.8) is 0 Å². The minimum absolute atomic E-state index is 0.0613. The van der Waals surface area contributed by atoms with Crippen LogP contribution in [0.25, 0.3) is 10.8 Å². The first-order valence-electron chi connectivity index (χ1n) is 11.1. The number of hydrogen-bond acceptors (Lipinski definition) is 4. The molecule has 31 heavy (non-hydrogen) atoms. The number of nitrogen functional groups attached to an aromatic ring is 1. The molecule has 0 radical (unpaired) electrons. The molecule has 2 aliphatic rings. The van der Waals surface area contributed by atoms with Crippen LogP contribution < -0.4 is 5.73 Å². The summed E-state index contributed by atoms with van der Waals surface area (Å²) in [5.41, 5.74) is 7.56. The molecule has 1 amide bonds. The minimum atomic E-state index is -0.873. The number of carbonyl (C=O) groups excluding carboxylic acids is 1. The van der Waals surface area contributed by atoms with E-state index in [1.165, 1.54) is 5.56 Å². The highest BCUT2D eigenvalue weighted by atomic mass is 16.4. The molecule has 2 heterocycles. The standard InChI is InChI=1S/C24H30N4O3/c25-23(26)18-9-8-17-7-5-16(13-19(17)14-18)6-10-20-3-1-12-28(20)24(31)21-4-2-11-27(21)15-22(29)30/h5,7-9,13-14,20-21H,1-4,6,10-12,15H2,(H3,25,26)(H,29,30)/t20-,21-/m1/s1. The van der Waals surface area contributed by atoms with Crippen LogP contribution in [0.15, 0.2) is 36.4 Å². The largest absolute Gasteiger partial charge is 0.480 e. The summed E-state index contributed by atoms with van der Waals surface area (Å²) in [7, 11) is 0. The molecule has 2 atom stereocenters. The number of benzene rings is 2. The SMILES string of the molecule is N=C(N)c1ccc2ccc(CC[C@H]3CCCN3C(=O)[C@H]3CCCN3CC(=O)O)cc2c1. The highest BCUT2D eigenvalue weighted by molar-refractivity contribution is 5.99. The molecule has 0 bridgehead atoms. The summed E-state index contributed by atoms with van der Waals surface area (Å²) in [6, 6.07) is 12.1. The van der Waals surface area contributed by atoms with E-state index in [0.717, 1.165) is 61.4 Å². The van der Waals surface area contributed by atoms with E-state index in [1.54, 1.807) is 0 Å². The van der Waals surface area contributed by atoms with Gasteiger partial charge in [0, 0.05) is 18.2 Å². The quantitative estimate of drug-likeness (QED) is 0.469. The molecule has 0 aliphatic carbocycles. The van der Waals surface area contributed by atoms with Crippen LogP contribution in [0.5, 0.6) is 0 Å². The monoisotopic (exact) mass is 422 g/mol. The van der Waals surface area contributed by atoms with Gasteiger partial charge in [-0.15, -0.1) is 0 Å². The lowest BCUT2D eigenvalue weighted by molar-refractivity contribution is -0.141. The summed E-state index contributed by atoms with van der Waals surface area (Å²) >= 11 is 0. The highest BCUT2D eigenvalue weighted by Crippen LogP contribution is 2.27. The molecular weight excluding hydrogens is 392 g/mol. The fourth-order valence-electron chi connectivity index (χ4n) is 5.04. The summed E-state index contributed by atoms with van der Waals surface area (Å²) < 4.78 is 0. The normalized spacial score (nSPS) is 21.6. The Bertz CT molecular complexity index is 1010. The maximum absolute atomic E-state index is 13.2. The third-order valence-electron chi connectivity index (χ3n) is 6.63. The summed E-state index contributed by atoms with van der Waals surface area (Å²) in [4.78, 5) is 28.1. The fourth-order valence-corrected chi connectivity index (χ4v) is 5.04. The first kappa shape index (κ1) is 21.3. The topological polar surface area (TPSA) is 111 Å². The lowest BCUT2D eigenvalue weighted by atomic mass is 9.99. The van der Waals surface area contributed by atoms with Gasteiger partial charge in [-0.05, 0) is 67.5 Å². The number of fused-ring (bicyclic) bond motifs is 1. The van der Waals surface area contributed by atoms with E-state index in [-0.39, 0.29) is 30.4 Å². The van der Waals surface area contributed by atoms with E-state index in [9.17, 15) is 9.59 Å². The van der Waals surface area contributed by atoms with Crippen LogP contribution in [0.1, 0.15) is 43.2 Å². The van der Waals surface area contributed by atoms with Gasteiger partial charge in [-0.3, -0.25) is 19.9 Å². The van der Waals surface area contributed by atoms with Gasteiger partial charge in [0.15, 0.2) is 0 Å². The summed E-state index contributed by atoms with van der Waals surface area (Å²) in [6.07, 6.45) is 5.40. The number of nitrogens with two attached hydrogens (primary N) is 1. The van der Waals surface area contributed by atoms with Crippen LogP contribution in [0.4, 0.5) is 0 Å². The Balaban J connectivity index is 1.42. The lowest BCUT2D eigenvalue weighted by Crippen LogP contribution is -2.48. The molecule has 0 spiro atoms. The lowest BCUT2D eigenvalue weighted by Gasteiger charge is -2.31. The zero-order valence-corrected chi connectivity index (χ0v) is 17.7. The van der Waals surface area contributed by atoms with E-state index in [2.05, 4.69) is 18.2 Å². The average Bonchev–Trinajstić information content (AvgIpc) is 3.40. The molecule has 2 fully saturated rings. The van der Waals surface area contributed by atoms with Gasteiger partial charge in [-0.1, -0.05) is 30.3 Å². The number of carboxylic acid groups (broad SMARTS) is 1. The molecule has 2 saturated heterocycles.